The van der Waals surface area contributed by atoms with Crippen LogP contribution in [0.2, 0.25) is 0 Å². The van der Waals surface area contributed by atoms with E-state index in [9.17, 15) is 4.79 Å². The molecule has 0 fully saturated rings. The van der Waals surface area contributed by atoms with Crippen molar-refractivity contribution in [1.29, 1.82) is 0 Å². The summed E-state index contributed by atoms with van der Waals surface area (Å²) in [6.07, 6.45) is 0. The van der Waals surface area contributed by atoms with Gasteiger partial charge in [0, 0.05) is 18.7 Å². The first-order chi connectivity index (χ1) is 9.34. The van der Waals surface area contributed by atoms with Gasteiger partial charge in [0.15, 0.2) is 0 Å². The zero-order chi connectivity index (χ0) is 13.1. The van der Waals surface area contributed by atoms with Crippen LogP contribution >= 0.6 is 12.4 Å². The van der Waals surface area contributed by atoms with Crippen LogP contribution in [0.4, 0.5) is 0 Å². The van der Waals surface area contributed by atoms with Crippen molar-refractivity contribution in [2.75, 3.05) is 6.54 Å². The molecule has 104 valence electrons. The molecular formula is C16H17ClN2O. The van der Waals surface area contributed by atoms with E-state index in [-0.39, 0.29) is 24.4 Å². The number of hydrogen-bond donors (Lipinski definition) is 2. The lowest BCUT2D eigenvalue weighted by atomic mass is 9.96. The van der Waals surface area contributed by atoms with E-state index in [0.29, 0.717) is 5.56 Å². The molecule has 3 rings (SSSR count). The molecule has 2 aromatic rings. The average molecular weight is 289 g/mol. The third kappa shape index (κ3) is 3.00. The molecule has 1 heterocycles. The zero-order valence-corrected chi connectivity index (χ0v) is 11.8. The van der Waals surface area contributed by atoms with Gasteiger partial charge in [0.2, 0.25) is 0 Å². The van der Waals surface area contributed by atoms with Gasteiger partial charge >= 0.3 is 0 Å². The molecule has 0 saturated carbocycles. The van der Waals surface area contributed by atoms with Gasteiger partial charge in [-0.3, -0.25) is 4.79 Å². The summed E-state index contributed by atoms with van der Waals surface area (Å²) in [5, 5.41) is 6.42. The molecule has 1 atom stereocenters. The number of fused-ring (bicyclic) bond motifs is 1. The highest BCUT2D eigenvalue weighted by molar-refractivity contribution is 5.94. The molecule has 0 aliphatic carbocycles. The molecule has 1 amide bonds. The van der Waals surface area contributed by atoms with Gasteiger partial charge < -0.3 is 10.6 Å². The first-order valence-electron chi connectivity index (χ1n) is 6.49. The van der Waals surface area contributed by atoms with Crippen molar-refractivity contribution in [3.63, 3.8) is 0 Å². The number of hydrogen-bond acceptors (Lipinski definition) is 2. The third-order valence-corrected chi connectivity index (χ3v) is 3.44. The lowest BCUT2D eigenvalue weighted by Gasteiger charge is -2.27. The molecule has 1 aliphatic heterocycles. The molecule has 0 spiro atoms. The molecule has 2 N–H and O–H groups in total. The Morgan fingerprint density at radius 1 is 1.05 bits per heavy atom. The predicted octanol–water partition coefficient (Wildman–Crippen LogP) is 2.68. The number of halogens is 1. The standard InChI is InChI=1S/C16H16N2O.ClH/c19-16(12-6-2-1-3-7-12)18-15-11-17-10-13-8-4-5-9-14(13)15;/h1-9,15,17H,10-11H2,(H,18,19);1H. The van der Waals surface area contributed by atoms with Crippen molar-refractivity contribution in [3.8, 4) is 0 Å². The van der Waals surface area contributed by atoms with E-state index in [0.717, 1.165) is 13.1 Å². The number of nitrogens with one attached hydrogen (secondary N) is 2. The van der Waals surface area contributed by atoms with Gasteiger partial charge in [-0.2, -0.15) is 0 Å². The molecule has 4 heteroatoms. The van der Waals surface area contributed by atoms with Gasteiger partial charge in [-0.15, -0.1) is 12.4 Å². The first kappa shape index (κ1) is 14.6. The SMILES string of the molecule is Cl.O=C(NC1CNCc2ccccc21)c1ccccc1. The maximum Gasteiger partial charge on any atom is 0.251 e. The van der Waals surface area contributed by atoms with E-state index in [1.165, 1.54) is 11.1 Å². The molecule has 20 heavy (non-hydrogen) atoms. The average Bonchev–Trinajstić information content (AvgIpc) is 2.48. The van der Waals surface area contributed by atoms with Crippen LogP contribution < -0.4 is 10.6 Å². The van der Waals surface area contributed by atoms with Crippen molar-refractivity contribution in [2.24, 2.45) is 0 Å². The molecule has 0 radical (unpaired) electrons. The number of amides is 1. The van der Waals surface area contributed by atoms with Crippen molar-refractivity contribution >= 4 is 18.3 Å². The molecule has 0 aromatic heterocycles. The number of carbonyl (C=O) groups excluding carboxylic acids is 1. The minimum absolute atomic E-state index is 0. The molecule has 2 aromatic carbocycles. The fourth-order valence-electron chi connectivity index (χ4n) is 2.46. The van der Waals surface area contributed by atoms with Gasteiger partial charge in [0.1, 0.15) is 0 Å². The number of rotatable bonds is 2. The molecular weight excluding hydrogens is 272 g/mol. The van der Waals surface area contributed by atoms with E-state index in [1.54, 1.807) is 0 Å². The van der Waals surface area contributed by atoms with Gasteiger partial charge in [-0.05, 0) is 23.3 Å². The number of carbonyl (C=O) groups is 1. The smallest absolute Gasteiger partial charge is 0.251 e. The van der Waals surface area contributed by atoms with E-state index in [4.69, 9.17) is 0 Å². The quantitative estimate of drug-likeness (QED) is 0.892. The van der Waals surface area contributed by atoms with Crippen LogP contribution in [0.25, 0.3) is 0 Å². The summed E-state index contributed by atoms with van der Waals surface area (Å²) in [5.41, 5.74) is 3.17. The summed E-state index contributed by atoms with van der Waals surface area (Å²) < 4.78 is 0. The van der Waals surface area contributed by atoms with E-state index < -0.39 is 0 Å². The van der Waals surface area contributed by atoms with Crippen LogP contribution in [-0.4, -0.2) is 12.5 Å². The minimum atomic E-state index is -0.0240. The summed E-state index contributed by atoms with van der Waals surface area (Å²) in [6.45, 7) is 1.64. The van der Waals surface area contributed by atoms with Crippen LogP contribution in [0.3, 0.4) is 0 Å². The zero-order valence-electron chi connectivity index (χ0n) is 11.0. The van der Waals surface area contributed by atoms with Gasteiger partial charge in [-0.25, -0.2) is 0 Å². The second-order valence-electron chi connectivity index (χ2n) is 4.72. The molecule has 0 bridgehead atoms. The highest BCUT2D eigenvalue weighted by Gasteiger charge is 2.21. The van der Waals surface area contributed by atoms with Crippen LogP contribution in [-0.2, 0) is 6.54 Å². The maximum atomic E-state index is 12.2. The Labute approximate surface area is 124 Å². The second kappa shape index (κ2) is 6.55. The van der Waals surface area contributed by atoms with E-state index in [2.05, 4.69) is 22.8 Å². The maximum absolute atomic E-state index is 12.2. The highest BCUT2D eigenvalue weighted by atomic mass is 35.5. The second-order valence-corrected chi connectivity index (χ2v) is 4.72. The fourth-order valence-corrected chi connectivity index (χ4v) is 2.46. The molecule has 1 aliphatic rings. The Kier molecular flexibility index (Phi) is 4.77. The van der Waals surface area contributed by atoms with Crippen LogP contribution in [0.5, 0.6) is 0 Å². The van der Waals surface area contributed by atoms with Crippen LogP contribution in [0.15, 0.2) is 54.6 Å². The first-order valence-corrected chi connectivity index (χ1v) is 6.49. The Morgan fingerprint density at radius 2 is 1.75 bits per heavy atom. The summed E-state index contributed by atoms with van der Waals surface area (Å²) in [5.74, 6) is -0.0240. The Bertz CT molecular complexity index is 586. The minimum Gasteiger partial charge on any atom is -0.344 e. The third-order valence-electron chi connectivity index (χ3n) is 3.44. The van der Waals surface area contributed by atoms with E-state index >= 15 is 0 Å². The summed E-state index contributed by atoms with van der Waals surface area (Å²) >= 11 is 0. The summed E-state index contributed by atoms with van der Waals surface area (Å²) in [6, 6.07) is 17.6. The predicted molar refractivity (Wildman–Crippen MR) is 82.0 cm³/mol. The Morgan fingerprint density at radius 3 is 2.55 bits per heavy atom. The van der Waals surface area contributed by atoms with Crippen molar-refractivity contribution in [3.05, 3.63) is 71.3 Å². The van der Waals surface area contributed by atoms with Crippen LogP contribution in [0.1, 0.15) is 27.5 Å². The van der Waals surface area contributed by atoms with Gasteiger partial charge in [-0.1, -0.05) is 42.5 Å². The van der Waals surface area contributed by atoms with Crippen molar-refractivity contribution < 1.29 is 4.79 Å². The lowest BCUT2D eigenvalue weighted by Crippen LogP contribution is -2.39. The normalized spacial score (nSPS) is 16.7. The highest BCUT2D eigenvalue weighted by Crippen LogP contribution is 2.21. The Balaban J connectivity index is 0.00000147. The van der Waals surface area contributed by atoms with Gasteiger partial charge in [0.05, 0.1) is 6.04 Å². The van der Waals surface area contributed by atoms with Crippen molar-refractivity contribution in [1.82, 2.24) is 10.6 Å². The fraction of sp³-hybridized carbons (Fsp3) is 0.188. The van der Waals surface area contributed by atoms with E-state index in [1.807, 2.05) is 42.5 Å². The van der Waals surface area contributed by atoms with Gasteiger partial charge in [0.25, 0.3) is 5.91 Å². The lowest BCUT2D eigenvalue weighted by molar-refractivity contribution is 0.0934. The topological polar surface area (TPSA) is 41.1 Å². The van der Waals surface area contributed by atoms with Crippen molar-refractivity contribution in [2.45, 2.75) is 12.6 Å². The monoisotopic (exact) mass is 288 g/mol. The molecule has 0 saturated heterocycles. The number of benzene rings is 2. The largest absolute Gasteiger partial charge is 0.344 e. The summed E-state index contributed by atoms with van der Waals surface area (Å²) in [4.78, 5) is 12.2. The Hall–Kier alpha value is -1.84. The molecule has 1 unspecified atom stereocenters. The molecule has 3 nitrogen and oxygen atoms in total. The summed E-state index contributed by atoms with van der Waals surface area (Å²) in [7, 11) is 0. The van der Waals surface area contributed by atoms with Crippen LogP contribution in [0, 0.1) is 0 Å².